The van der Waals surface area contributed by atoms with Gasteiger partial charge >= 0.3 is 6.29 Å². The maximum absolute atomic E-state index is 13.1. The second-order valence-electron chi connectivity index (χ2n) is 6.93. The summed E-state index contributed by atoms with van der Waals surface area (Å²) in [6.45, 7) is 2.62. The van der Waals surface area contributed by atoms with Gasteiger partial charge in [-0.3, -0.25) is 9.69 Å². The molecule has 1 saturated heterocycles. The Hall–Kier alpha value is -2.41. The third-order valence-corrected chi connectivity index (χ3v) is 4.95. The highest BCUT2D eigenvalue weighted by Crippen LogP contribution is 2.41. The number of hydrogen-bond acceptors (Lipinski definition) is 4. The van der Waals surface area contributed by atoms with Crippen LogP contribution in [0.4, 0.5) is 8.78 Å². The predicted octanol–water partition coefficient (Wildman–Crippen LogP) is 3.15. The number of aromatic nitrogens is 1. The highest BCUT2D eigenvalue weighted by Gasteiger charge is 2.43. The zero-order valence-electron chi connectivity index (χ0n) is 14.2. The number of pyridine rings is 1. The summed E-state index contributed by atoms with van der Waals surface area (Å²) < 4.78 is 35.1. The summed E-state index contributed by atoms with van der Waals surface area (Å²) in [5, 5.41) is 0. The van der Waals surface area contributed by atoms with E-state index in [2.05, 4.69) is 19.4 Å². The van der Waals surface area contributed by atoms with Gasteiger partial charge in [-0.15, -0.1) is 8.78 Å². The largest absolute Gasteiger partial charge is 0.586 e. The Balaban J connectivity index is 1.30. The standard InChI is InChI=1S/C19H20F2N2O3/c20-19(21)25-16-3-1-15(10-17(16)26-19)12-23-7-5-13(6-8-23)9-14-2-4-18(24)22-11-14/h1-4,10-11,13H,5-9,12H2,(H,22,24). The third kappa shape index (κ3) is 3.88. The molecule has 0 unspecified atom stereocenters. The van der Waals surface area contributed by atoms with Crippen molar-refractivity contribution in [1.82, 2.24) is 9.88 Å². The summed E-state index contributed by atoms with van der Waals surface area (Å²) in [6, 6.07) is 8.41. The molecule has 138 valence electrons. The molecule has 2 aliphatic rings. The number of hydrogen-bond donors (Lipinski definition) is 1. The van der Waals surface area contributed by atoms with Crippen molar-refractivity contribution in [1.29, 1.82) is 0 Å². The number of likely N-dealkylation sites (tertiary alicyclic amines) is 1. The number of fused-ring (bicyclic) bond motifs is 1. The van der Waals surface area contributed by atoms with Crippen molar-refractivity contribution >= 4 is 0 Å². The smallest absolute Gasteiger partial charge is 0.395 e. The molecule has 0 bridgehead atoms. The average molecular weight is 362 g/mol. The molecule has 1 aromatic carbocycles. The van der Waals surface area contributed by atoms with Gasteiger partial charge in [-0.2, -0.15) is 0 Å². The van der Waals surface area contributed by atoms with Crippen LogP contribution in [0.5, 0.6) is 11.5 Å². The first-order valence-electron chi connectivity index (χ1n) is 8.76. The first-order valence-corrected chi connectivity index (χ1v) is 8.76. The van der Waals surface area contributed by atoms with Crippen LogP contribution in [0.3, 0.4) is 0 Å². The normalized spacial score (nSPS) is 19.6. The first kappa shape index (κ1) is 17.0. The van der Waals surface area contributed by atoms with Crippen molar-refractivity contribution in [2.24, 2.45) is 5.92 Å². The van der Waals surface area contributed by atoms with E-state index in [9.17, 15) is 13.6 Å². The van der Waals surface area contributed by atoms with E-state index in [1.807, 2.05) is 6.07 Å². The lowest BCUT2D eigenvalue weighted by atomic mass is 9.90. The monoisotopic (exact) mass is 362 g/mol. The molecule has 7 heteroatoms. The number of benzene rings is 1. The lowest BCUT2D eigenvalue weighted by Gasteiger charge is -2.32. The van der Waals surface area contributed by atoms with Crippen LogP contribution in [-0.4, -0.2) is 29.3 Å². The Morgan fingerprint density at radius 3 is 2.54 bits per heavy atom. The number of halogens is 2. The van der Waals surface area contributed by atoms with Gasteiger partial charge in [0.1, 0.15) is 0 Å². The van der Waals surface area contributed by atoms with E-state index in [4.69, 9.17) is 0 Å². The van der Waals surface area contributed by atoms with Crippen LogP contribution in [0.1, 0.15) is 24.0 Å². The summed E-state index contributed by atoms with van der Waals surface area (Å²) in [5.74, 6) is 0.770. The Labute approximate surface area is 149 Å². The molecule has 0 spiro atoms. The van der Waals surface area contributed by atoms with Crippen LogP contribution in [0.2, 0.25) is 0 Å². The van der Waals surface area contributed by atoms with Crippen LogP contribution < -0.4 is 15.0 Å². The number of nitrogens with zero attached hydrogens (tertiary/aromatic N) is 1. The molecule has 0 atom stereocenters. The Bertz CT molecular complexity index is 824. The van der Waals surface area contributed by atoms with Crippen molar-refractivity contribution in [3.8, 4) is 11.5 Å². The molecule has 3 heterocycles. The molecule has 1 fully saturated rings. The fourth-order valence-corrected chi connectivity index (χ4v) is 3.60. The van der Waals surface area contributed by atoms with Gasteiger partial charge in [0.2, 0.25) is 5.56 Å². The molecule has 0 aliphatic carbocycles. The third-order valence-electron chi connectivity index (χ3n) is 4.95. The van der Waals surface area contributed by atoms with Gasteiger partial charge in [-0.25, -0.2) is 0 Å². The topological polar surface area (TPSA) is 54.6 Å². The maximum Gasteiger partial charge on any atom is 0.586 e. The quantitative estimate of drug-likeness (QED) is 0.908. The fraction of sp³-hybridized carbons (Fsp3) is 0.421. The van der Waals surface area contributed by atoms with Crippen LogP contribution in [0.25, 0.3) is 0 Å². The van der Waals surface area contributed by atoms with Crippen LogP contribution in [0, 0.1) is 5.92 Å². The van der Waals surface area contributed by atoms with Gasteiger partial charge in [0.25, 0.3) is 0 Å². The van der Waals surface area contributed by atoms with Crippen molar-refractivity contribution in [2.45, 2.75) is 32.1 Å². The molecular formula is C19H20F2N2O3. The van der Waals surface area contributed by atoms with E-state index >= 15 is 0 Å². The summed E-state index contributed by atoms with van der Waals surface area (Å²) in [6.07, 6.45) is 1.32. The molecule has 0 saturated carbocycles. The minimum Gasteiger partial charge on any atom is -0.395 e. The van der Waals surface area contributed by atoms with Crippen LogP contribution in [0.15, 0.2) is 41.3 Å². The van der Waals surface area contributed by atoms with Crippen LogP contribution in [-0.2, 0) is 13.0 Å². The van der Waals surface area contributed by atoms with E-state index in [1.54, 1.807) is 24.4 Å². The van der Waals surface area contributed by atoms with Crippen LogP contribution >= 0.6 is 0 Å². The maximum atomic E-state index is 13.1. The van der Waals surface area contributed by atoms with Gasteiger partial charge < -0.3 is 14.5 Å². The molecule has 2 aliphatic heterocycles. The molecule has 1 aromatic heterocycles. The lowest BCUT2D eigenvalue weighted by molar-refractivity contribution is -0.286. The lowest BCUT2D eigenvalue weighted by Crippen LogP contribution is -2.33. The zero-order valence-corrected chi connectivity index (χ0v) is 14.2. The minimum absolute atomic E-state index is 0.0787. The molecule has 0 amide bonds. The molecule has 2 aromatic rings. The summed E-state index contributed by atoms with van der Waals surface area (Å²) >= 11 is 0. The van der Waals surface area contributed by atoms with E-state index in [-0.39, 0.29) is 17.1 Å². The SMILES string of the molecule is O=c1ccc(CC2CCN(Cc3ccc4c(c3)OC(F)(F)O4)CC2)c[nH]1. The number of alkyl halides is 2. The second kappa shape index (κ2) is 6.72. The molecule has 5 nitrogen and oxygen atoms in total. The molecule has 4 rings (SSSR count). The Morgan fingerprint density at radius 2 is 1.81 bits per heavy atom. The molecule has 26 heavy (non-hydrogen) atoms. The Kier molecular flexibility index (Phi) is 4.40. The van der Waals surface area contributed by atoms with Crippen molar-refractivity contribution in [2.75, 3.05) is 13.1 Å². The first-order chi connectivity index (χ1) is 12.5. The van der Waals surface area contributed by atoms with E-state index in [1.165, 1.54) is 6.07 Å². The highest BCUT2D eigenvalue weighted by molar-refractivity contribution is 5.45. The number of ether oxygens (including phenoxy) is 2. The van der Waals surface area contributed by atoms with Gasteiger partial charge in [0.15, 0.2) is 11.5 Å². The predicted molar refractivity (Wildman–Crippen MR) is 91.4 cm³/mol. The number of nitrogens with one attached hydrogen (secondary N) is 1. The summed E-state index contributed by atoms with van der Waals surface area (Å²) in [5.41, 5.74) is 2.01. The summed E-state index contributed by atoms with van der Waals surface area (Å²) in [7, 11) is 0. The molecule has 1 N–H and O–H groups in total. The Morgan fingerprint density at radius 1 is 1.08 bits per heavy atom. The number of piperidine rings is 1. The van der Waals surface area contributed by atoms with Gasteiger partial charge in [-0.1, -0.05) is 12.1 Å². The number of rotatable bonds is 4. The van der Waals surface area contributed by atoms with Gasteiger partial charge in [0.05, 0.1) is 0 Å². The van der Waals surface area contributed by atoms with Crippen molar-refractivity contribution < 1.29 is 18.3 Å². The van der Waals surface area contributed by atoms with E-state index in [0.29, 0.717) is 12.5 Å². The number of aromatic amines is 1. The van der Waals surface area contributed by atoms with Gasteiger partial charge in [-0.05, 0) is 61.5 Å². The minimum atomic E-state index is -3.57. The van der Waals surface area contributed by atoms with Crippen molar-refractivity contribution in [3.05, 3.63) is 58.0 Å². The molecular weight excluding hydrogens is 342 g/mol. The zero-order chi connectivity index (χ0) is 18.1. The molecule has 0 radical (unpaired) electrons. The fourth-order valence-electron chi connectivity index (χ4n) is 3.60. The van der Waals surface area contributed by atoms with E-state index in [0.717, 1.165) is 43.5 Å². The average Bonchev–Trinajstić information content (AvgIpc) is 2.92. The number of H-pyrrole nitrogens is 1. The highest BCUT2D eigenvalue weighted by atomic mass is 19.3. The second-order valence-corrected chi connectivity index (χ2v) is 6.93. The summed E-state index contributed by atoms with van der Waals surface area (Å²) in [4.78, 5) is 16.2. The van der Waals surface area contributed by atoms with E-state index < -0.39 is 6.29 Å². The van der Waals surface area contributed by atoms with Gasteiger partial charge in [0, 0.05) is 18.8 Å². The van der Waals surface area contributed by atoms with Crippen molar-refractivity contribution in [3.63, 3.8) is 0 Å².